The summed E-state index contributed by atoms with van der Waals surface area (Å²) in [5.74, 6) is -0.725. The number of ether oxygens (including phenoxy) is 2. The highest BCUT2D eigenvalue weighted by Gasteiger charge is 2.30. The largest absolute Gasteiger partial charge is 0.489 e. The predicted octanol–water partition coefficient (Wildman–Crippen LogP) is 1.90. The van der Waals surface area contributed by atoms with Crippen molar-refractivity contribution >= 4 is 5.97 Å². The molecule has 0 spiro atoms. The molecule has 0 aliphatic carbocycles. The molecule has 4 nitrogen and oxygen atoms in total. The van der Waals surface area contributed by atoms with Gasteiger partial charge in [-0.2, -0.15) is 0 Å². The van der Waals surface area contributed by atoms with E-state index >= 15 is 0 Å². The van der Waals surface area contributed by atoms with E-state index < -0.39 is 17.2 Å². The van der Waals surface area contributed by atoms with Gasteiger partial charge in [0.2, 0.25) is 0 Å². The second-order valence-corrected chi connectivity index (χ2v) is 4.97. The van der Waals surface area contributed by atoms with Gasteiger partial charge in [0.05, 0.1) is 12.5 Å². The second-order valence-electron chi connectivity index (χ2n) is 4.97. The Labute approximate surface area is 112 Å². The Morgan fingerprint density at radius 2 is 2.11 bits per heavy atom. The minimum Gasteiger partial charge on any atom is -0.489 e. The van der Waals surface area contributed by atoms with Crippen LogP contribution >= 0.6 is 0 Å². The van der Waals surface area contributed by atoms with Gasteiger partial charge in [-0.3, -0.25) is 4.79 Å². The molecule has 0 unspecified atom stereocenters. The number of hydrogen-bond acceptors (Lipinski definition) is 4. The van der Waals surface area contributed by atoms with Crippen molar-refractivity contribution in [3.63, 3.8) is 0 Å². The number of nitrogens with two attached hydrogens (primary N) is 1. The van der Waals surface area contributed by atoms with Crippen molar-refractivity contribution in [1.29, 1.82) is 0 Å². The zero-order chi connectivity index (χ0) is 14.5. The Hall–Kier alpha value is -1.62. The fraction of sp³-hybridized carbons (Fsp3) is 0.500. The molecular weight excluding hydrogens is 249 g/mol. The molecule has 1 aromatic carbocycles. The number of rotatable bonds is 6. The van der Waals surface area contributed by atoms with E-state index in [1.807, 2.05) is 0 Å². The first-order valence-corrected chi connectivity index (χ1v) is 6.10. The monoisotopic (exact) mass is 269 g/mol. The van der Waals surface area contributed by atoms with E-state index in [2.05, 4.69) is 4.74 Å². The lowest BCUT2D eigenvalue weighted by molar-refractivity contribution is -0.152. The van der Waals surface area contributed by atoms with E-state index in [9.17, 15) is 9.18 Å². The van der Waals surface area contributed by atoms with Crippen LogP contribution in [0.2, 0.25) is 0 Å². The minimum absolute atomic E-state index is 0.0484. The molecule has 1 rings (SSSR count). The van der Waals surface area contributed by atoms with Gasteiger partial charge in [0.25, 0.3) is 0 Å². The molecule has 1 aromatic rings. The number of carbonyl (C=O) groups is 1. The molecule has 106 valence electrons. The fourth-order valence-electron chi connectivity index (χ4n) is 1.58. The van der Waals surface area contributed by atoms with Crippen molar-refractivity contribution in [1.82, 2.24) is 0 Å². The average Bonchev–Trinajstić information content (AvgIpc) is 2.37. The number of benzene rings is 1. The maximum absolute atomic E-state index is 13.7. The summed E-state index contributed by atoms with van der Waals surface area (Å²) < 4.78 is 23.8. The van der Waals surface area contributed by atoms with Crippen molar-refractivity contribution in [3.05, 3.63) is 29.6 Å². The second kappa shape index (κ2) is 6.52. The van der Waals surface area contributed by atoms with Gasteiger partial charge in [0.1, 0.15) is 6.61 Å². The van der Waals surface area contributed by atoms with Crippen LogP contribution in [0.4, 0.5) is 4.39 Å². The Balaban J connectivity index is 2.70. The first-order chi connectivity index (χ1) is 8.90. The molecule has 0 aliphatic rings. The third kappa shape index (κ3) is 4.21. The van der Waals surface area contributed by atoms with Gasteiger partial charge in [-0.15, -0.1) is 0 Å². The Kier molecular flexibility index (Phi) is 5.30. The summed E-state index contributed by atoms with van der Waals surface area (Å²) in [6.45, 7) is 3.88. The van der Waals surface area contributed by atoms with Gasteiger partial charge in [-0.1, -0.05) is 6.07 Å². The zero-order valence-electron chi connectivity index (χ0n) is 11.5. The molecule has 0 fully saturated rings. The average molecular weight is 269 g/mol. The molecule has 0 heterocycles. The van der Waals surface area contributed by atoms with E-state index in [-0.39, 0.29) is 12.4 Å². The summed E-state index contributed by atoms with van der Waals surface area (Å²) in [6, 6.07) is 4.71. The van der Waals surface area contributed by atoms with Crippen LogP contribution < -0.4 is 10.5 Å². The smallest absolute Gasteiger partial charge is 0.314 e. The van der Waals surface area contributed by atoms with Crippen LogP contribution in [0.3, 0.4) is 0 Å². The Morgan fingerprint density at radius 3 is 2.63 bits per heavy atom. The summed E-state index contributed by atoms with van der Waals surface area (Å²) in [5, 5.41) is 0. The SMILES string of the molecule is COC(=O)C(C)(C)COc1ccc(CCN)cc1F. The number of carbonyl (C=O) groups excluding carboxylic acids is 1. The topological polar surface area (TPSA) is 61.5 Å². The van der Waals surface area contributed by atoms with E-state index in [4.69, 9.17) is 10.5 Å². The number of methoxy groups -OCH3 is 1. The lowest BCUT2D eigenvalue weighted by Crippen LogP contribution is -2.32. The van der Waals surface area contributed by atoms with Gasteiger partial charge in [-0.25, -0.2) is 4.39 Å². The normalized spacial score (nSPS) is 11.2. The van der Waals surface area contributed by atoms with Gasteiger partial charge < -0.3 is 15.2 Å². The van der Waals surface area contributed by atoms with Crippen LogP contribution in [-0.4, -0.2) is 26.2 Å². The van der Waals surface area contributed by atoms with Crippen LogP contribution in [0.1, 0.15) is 19.4 Å². The molecule has 0 aromatic heterocycles. The molecule has 0 saturated carbocycles. The third-order valence-electron chi connectivity index (χ3n) is 2.76. The molecular formula is C14H20FNO3. The van der Waals surface area contributed by atoms with Crippen molar-refractivity contribution in [3.8, 4) is 5.75 Å². The number of halogens is 1. The highest BCUT2D eigenvalue weighted by atomic mass is 19.1. The predicted molar refractivity (Wildman–Crippen MR) is 70.5 cm³/mol. The first-order valence-electron chi connectivity index (χ1n) is 6.10. The lowest BCUT2D eigenvalue weighted by atomic mass is 9.95. The van der Waals surface area contributed by atoms with Gasteiger partial charge in [0, 0.05) is 0 Å². The quantitative estimate of drug-likeness (QED) is 0.801. The zero-order valence-corrected chi connectivity index (χ0v) is 11.5. The Bertz CT molecular complexity index is 446. The molecule has 2 N–H and O–H groups in total. The van der Waals surface area contributed by atoms with Crippen LogP contribution in [0, 0.1) is 11.2 Å². The summed E-state index contributed by atoms with van der Waals surface area (Å²) in [7, 11) is 1.31. The molecule has 0 radical (unpaired) electrons. The maximum Gasteiger partial charge on any atom is 0.314 e. The fourth-order valence-corrected chi connectivity index (χ4v) is 1.58. The first kappa shape index (κ1) is 15.4. The highest BCUT2D eigenvalue weighted by Crippen LogP contribution is 2.23. The molecule has 0 amide bonds. The van der Waals surface area contributed by atoms with Crippen LogP contribution in [0.15, 0.2) is 18.2 Å². The summed E-state index contributed by atoms with van der Waals surface area (Å²) in [6.07, 6.45) is 0.616. The molecule has 0 saturated heterocycles. The van der Waals surface area contributed by atoms with Crippen LogP contribution in [0.25, 0.3) is 0 Å². The number of esters is 1. The maximum atomic E-state index is 13.7. The van der Waals surface area contributed by atoms with Gasteiger partial charge in [-0.05, 0) is 44.5 Å². The van der Waals surface area contributed by atoms with Crippen molar-refractivity contribution in [2.24, 2.45) is 11.1 Å². The summed E-state index contributed by atoms with van der Waals surface area (Å²) in [5.41, 5.74) is 5.40. The number of hydrogen-bond donors (Lipinski definition) is 1. The van der Waals surface area contributed by atoms with E-state index in [0.29, 0.717) is 13.0 Å². The van der Waals surface area contributed by atoms with Gasteiger partial charge >= 0.3 is 5.97 Å². The van der Waals surface area contributed by atoms with Crippen molar-refractivity contribution in [2.75, 3.05) is 20.3 Å². The van der Waals surface area contributed by atoms with Gasteiger partial charge in [0.15, 0.2) is 11.6 Å². The van der Waals surface area contributed by atoms with E-state index in [0.717, 1.165) is 5.56 Å². The molecule has 19 heavy (non-hydrogen) atoms. The molecule has 0 atom stereocenters. The Morgan fingerprint density at radius 1 is 1.42 bits per heavy atom. The molecule has 5 heteroatoms. The standard InChI is InChI=1S/C14H20FNO3/c1-14(2,13(17)18-3)9-19-12-5-4-10(6-7-16)8-11(12)15/h4-5,8H,6-7,9,16H2,1-3H3. The molecule has 0 bridgehead atoms. The minimum atomic E-state index is -0.822. The third-order valence-corrected chi connectivity index (χ3v) is 2.76. The van der Waals surface area contributed by atoms with E-state index in [1.54, 1.807) is 26.0 Å². The lowest BCUT2D eigenvalue weighted by Gasteiger charge is -2.21. The summed E-state index contributed by atoms with van der Waals surface area (Å²) >= 11 is 0. The molecule has 0 aliphatic heterocycles. The van der Waals surface area contributed by atoms with Crippen molar-refractivity contribution < 1.29 is 18.7 Å². The highest BCUT2D eigenvalue weighted by molar-refractivity contribution is 5.75. The van der Waals surface area contributed by atoms with Crippen LogP contribution in [-0.2, 0) is 16.0 Å². The summed E-state index contributed by atoms with van der Waals surface area (Å²) in [4.78, 5) is 11.5. The van der Waals surface area contributed by atoms with Crippen LogP contribution in [0.5, 0.6) is 5.75 Å². The van der Waals surface area contributed by atoms with Crippen molar-refractivity contribution in [2.45, 2.75) is 20.3 Å². The van der Waals surface area contributed by atoms with E-state index in [1.165, 1.54) is 13.2 Å².